The standard InChI is InChI=1S/C16H27N3O/c1-17-16(13-6-5-7-15(10-13)20-4)12-19-9-8-14(11-19)18(2)3/h5-7,10,14,16-17H,8-9,11-12H2,1-4H3. The molecule has 1 aromatic rings. The van der Waals surface area contributed by atoms with E-state index in [4.69, 9.17) is 4.74 Å². The molecule has 0 aromatic heterocycles. The lowest BCUT2D eigenvalue weighted by Gasteiger charge is -2.25. The van der Waals surface area contributed by atoms with Crippen LogP contribution in [0.5, 0.6) is 5.75 Å². The molecular formula is C16H27N3O. The highest BCUT2D eigenvalue weighted by Crippen LogP contribution is 2.22. The molecule has 112 valence electrons. The van der Waals surface area contributed by atoms with Crippen LogP contribution in [0, 0.1) is 0 Å². The molecule has 0 spiro atoms. The van der Waals surface area contributed by atoms with Gasteiger partial charge in [0.05, 0.1) is 7.11 Å². The highest BCUT2D eigenvalue weighted by Gasteiger charge is 2.25. The Hall–Kier alpha value is -1.10. The summed E-state index contributed by atoms with van der Waals surface area (Å²) in [4.78, 5) is 4.88. The van der Waals surface area contributed by atoms with E-state index in [1.54, 1.807) is 7.11 Å². The van der Waals surface area contributed by atoms with E-state index in [0.717, 1.165) is 18.8 Å². The van der Waals surface area contributed by atoms with Crippen LogP contribution in [0.15, 0.2) is 24.3 Å². The van der Waals surface area contributed by atoms with Crippen LogP contribution in [-0.2, 0) is 0 Å². The van der Waals surface area contributed by atoms with Crippen molar-refractivity contribution in [3.63, 3.8) is 0 Å². The quantitative estimate of drug-likeness (QED) is 0.854. The molecular weight excluding hydrogens is 250 g/mol. The maximum atomic E-state index is 5.32. The minimum atomic E-state index is 0.353. The van der Waals surface area contributed by atoms with Gasteiger partial charge in [0.1, 0.15) is 5.75 Å². The van der Waals surface area contributed by atoms with Crippen LogP contribution in [0.4, 0.5) is 0 Å². The number of nitrogens with zero attached hydrogens (tertiary/aromatic N) is 2. The lowest BCUT2D eigenvalue weighted by molar-refractivity contribution is 0.253. The number of likely N-dealkylation sites (N-methyl/N-ethyl adjacent to an activating group) is 2. The molecule has 0 amide bonds. The molecule has 1 saturated heterocycles. The highest BCUT2D eigenvalue weighted by molar-refractivity contribution is 5.30. The number of nitrogens with one attached hydrogen (secondary N) is 1. The summed E-state index contributed by atoms with van der Waals surface area (Å²) in [7, 11) is 8.09. The molecule has 1 aliphatic rings. The molecule has 2 rings (SSSR count). The average molecular weight is 277 g/mol. The number of hydrogen-bond donors (Lipinski definition) is 1. The van der Waals surface area contributed by atoms with Crippen LogP contribution in [0.3, 0.4) is 0 Å². The van der Waals surface area contributed by atoms with E-state index in [-0.39, 0.29) is 0 Å². The summed E-state index contributed by atoms with van der Waals surface area (Å²) >= 11 is 0. The largest absolute Gasteiger partial charge is 0.497 e. The fourth-order valence-electron chi connectivity index (χ4n) is 2.88. The maximum absolute atomic E-state index is 5.32. The Balaban J connectivity index is 1.99. The monoisotopic (exact) mass is 277 g/mol. The van der Waals surface area contributed by atoms with Crippen molar-refractivity contribution in [2.45, 2.75) is 18.5 Å². The van der Waals surface area contributed by atoms with Gasteiger partial charge in [-0.3, -0.25) is 4.90 Å². The number of likely N-dealkylation sites (tertiary alicyclic amines) is 1. The number of hydrogen-bond acceptors (Lipinski definition) is 4. The van der Waals surface area contributed by atoms with Crippen LogP contribution in [0.1, 0.15) is 18.0 Å². The Bertz CT molecular complexity index is 422. The summed E-state index contributed by atoms with van der Waals surface area (Å²) in [6.45, 7) is 3.40. The van der Waals surface area contributed by atoms with Crippen molar-refractivity contribution in [3.05, 3.63) is 29.8 Å². The first-order chi connectivity index (χ1) is 9.63. The first kappa shape index (κ1) is 15.3. The summed E-state index contributed by atoms with van der Waals surface area (Å²) in [5, 5.41) is 3.43. The van der Waals surface area contributed by atoms with Gasteiger partial charge in [0.2, 0.25) is 0 Å². The van der Waals surface area contributed by atoms with E-state index in [2.05, 4.69) is 47.4 Å². The molecule has 1 N–H and O–H groups in total. The van der Waals surface area contributed by atoms with E-state index in [9.17, 15) is 0 Å². The summed E-state index contributed by atoms with van der Waals surface area (Å²) < 4.78 is 5.32. The second-order valence-corrected chi connectivity index (χ2v) is 5.78. The molecule has 1 heterocycles. The molecule has 2 unspecified atom stereocenters. The van der Waals surface area contributed by atoms with E-state index in [1.807, 2.05) is 13.1 Å². The molecule has 4 heteroatoms. The van der Waals surface area contributed by atoms with Crippen molar-refractivity contribution in [2.75, 3.05) is 47.9 Å². The Kier molecular flexibility index (Phi) is 5.40. The van der Waals surface area contributed by atoms with Gasteiger partial charge < -0.3 is 15.0 Å². The van der Waals surface area contributed by atoms with Crippen LogP contribution in [-0.4, -0.2) is 63.7 Å². The third-order valence-electron chi connectivity index (χ3n) is 4.26. The zero-order chi connectivity index (χ0) is 14.5. The SMILES string of the molecule is CNC(CN1CCC(N(C)C)C1)c1cccc(OC)c1. The molecule has 1 fully saturated rings. The normalized spacial score (nSPS) is 21.4. The molecule has 0 aliphatic carbocycles. The van der Waals surface area contributed by atoms with Crippen LogP contribution < -0.4 is 10.1 Å². The van der Waals surface area contributed by atoms with E-state index in [1.165, 1.54) is 18.5 Å². The predicted molar refractivity (Wildman–Crippen MR) is 83.3 cm³/mol. The van der Waals surface area contributed by atoms with Crippen molar-refractivity contribution in [1.82, 2.24) is 15.1 Å². The van der Waals surface area contributed by atoms with Gasteiger partial charge in [0, 0.05) is 25.2 Å². The van der Waals surface area contributed by atoms with Gasteiger partial charge in [-0.05, 0) is 51.8 Å². The van der Waals surface area contributed by atoms with E-state index < -0.39 is 0 Å². The van der Waals surface area contributed by atoms with Crippen molar-refractivity contribution < 1.29 is 4.74 Å². The van der Waals surface area contributed by atoms with Crippen LogP contribution in [0.25, 0.3) is 0 Å². The molecule has 2 atom stereocenters. The zero-order valence-electron chi connectivity index (χ0n) is 13.1. The molecule has 0 saturated carbocycles. The smallest absolute Gasteiger partial charge is 0.119 e. The minimum Gasteiger partial charge on any atom is -0.497 e. The van der Waals surface area contributed by atoms with E-state index >= 15 is 0 Å². The van der Waals surface area contributed by atoms with Gasteiger partial charge in [-0.2, -0.15) is 0 Å². The topological polar surface area (TPSA) is 27.7 Å². The van der Waals surface area contributed by atoms with Crippen LogP contribution >= 0.6 is 0 Å². The van der Waals surface area contributed by atoms with E-state index in [0.29, 0.717) is 12.1 Å². The molecule has 1 aliphatic heterocycles. The Morgan fingerprint density at radius 3 is 2.85 bits per heavy atom. The predicted octanol–water partition coefficient (Wildman–Crippen LogP) is 1.59. The second kappa shape index (κ2) is 7.07. The molecule has 0 radical (unpaired) electrons. The number of ether oxygens (including phenoxy) is 1. The maximum Gasteiger partial charge on any atom is 0.119 e. The number of rotatable bonds is 6. The third-order valence-corrected chi connectivity index (χ3v) is 4.26. The fraction of sp³-hybridized carbons (Fsp3) is 0.625. The molecule has 1 aromatic carbocycles. The van der Waals surface area contributed by atoms with Crippen molar-refractivity contribution in [2.24, 2.45) is 0 Å². The van der Waals surface area contributed by atoms with Crippen LogP contribution in [0.2, 0.25) is 0 Å². The minimum absolute atomic E-state index is 0.353. The van der Waals surface area contributed by atoms with Gasteiger partial charge in [-0.1, -0.05) is 12.1 Å². The van der Waals surface area contributed by atoms with Gasteiger partial charge in [-0.25, -0.2) is 0 Å². The van der Waals surface area contributed by atoms with Crippen molar-refractivity contribution in [3.8, 4) is 5.75 Å². The first-order valence-electron chi connectivity index (χ1n) is 7.34. The zero-order valence-corrected chi connectivity index (χ0v) is 13.1. The van der Waals surface area contributed by atoms with Gasteiger partial charge >= 0.3 is 0 Å². The number of methoxy groups -OCH3 is 1. The molecule has 0 bridgehead atoms. The third kappa shape index (κ3) is 3.72. The molecule has 20 heavy (non-hydrogen) atoms. The first-order valence-corrected chi connectivity index (χ1v) is 7.34. The lowest BCUT2D eigenvalue weighted by Crippen LogP contribution is -2.35. The lowest BCUT2D eigenvalue weighted by atomic mass is 10.1. The average Bonchev–Trinajstić information content (AvgIpc) is 2.93. The van der Waals surface area contributed by atoms with Gasteiger partial charge in [-0.15, -0.1) is 0 Å². The van der Waals surface area contributed by atoms with Gasteiger partial charge in [0.25, 0.3) is 0 Å². The molecule has 4 nitrogen and oxygen atoms in total. The summed E-state index contributed by atoms with van der Waals surface area (Å²) in [6.07, 6.45) is 1.27. The fourth-order valence-corrected chi connectivity index (χ4v) is 2.88. The second-order valence-electron chi connectivity index (χ2n) is 5.78. The Morgan fingerprint density at radius 2 is 2.25 bits per heavy atom. The summed E-state index contributed by atoms with van der Waals surface area (Å²) in [5.74, 6) is 0.926. The summed E-state index contributed by atoms with van der Waals surface area (Å²) in [5.41, 5.74) is 1.29. The Morgan fingerprint density at radius 1 is 1.45 bits per heavy atom. The highest BCUT2D eigenvalue weighted by atomic mass is 16.5. The Labute approximate surface area is 122 Å². The summed E-state index contributed by atoms with van der Waals surface area (Å²) in [6, 6.07) is 9.40. The van der Waals surface area contributed by atoms with Gasteiger partial charge in [0.15, 0.2) is 0 Å². The van der Waals surface area contributed by atoms with Crippen molar-refractivity contribution in [1.29, 1.82) is 0 Å². The van der Waals surface area contributed by atoms with Crippen molar-refractivity contribution >= 4 is 0 Å². The number of benzene rings is 1.